The molecule has 0 aromatic carbocycles. The molecule has 0 aliphatic heterocycles. The molecule has 2 heteroatoms. The van der Waals surface area contributed by atoms with Gasteiger partial charge >= 0.3 is 0 Å². The van der Waals surface area contributed by atoms with E-state index in [-0.39, 0.29) is 0 Å². The second kappa shape index (κ2) is 6.31. The van der Waals surface area contributed by atoms with Gasteiger partial charge in [0, 0.05) is 12.2 Å². The Morgan fingerprint density at radius 2 is 1.81 bits per heavy atom. The Morgan fingerprint density at radius 1 is 1.25 bits per heavy atom. The van der Waals surface area contributed by atoms with E-state index in [4.69, 9.17) is 0 Å². The molecule has 1 aromatic heterocycles. The van der Waals surface area contributed by atoms with E-state index in [2.05, 4.69) is 57.2 Å². The number of hydrogen-bond acceptors (Lipinski definition) is 2. The summed E-state index contributed by atoms with van der Waals surface area (Å²) in [6.07, 6.45) is 1.90. The van der Waals surface area contributed by atoms with E-state index >= 15 is 0 Å². The summed E-state index contributed by atoms with van der Waals surface area (Å²) >= 11 is 0. The van der Waals surface area contributed by atoms with Gasteiger partial charge in [0.15, 0.2) is 0 Å². The van der Waals surface area contributed by atoms with Gasteiger partial charge in [-0.1, -0.05) is 20.8 Å². The van der Waals surface area contributed by atoms with Crippen molar-refractivity contribution < 1.29 is 0 Å². The molecule has 0 amide bonds. The lowest BCUT2D eigenvalue weighted by molar-refractivity contribution is 0.443. The van der Waals surface area contributed by atoms with Crippen molar-refractivity contribution in [2.24, 2.45) is 5.41 Å². The Hall–Kier alpha value is -1.31. The number of rotatable bonds is 2. The van der Waals surface area contributed by atoms with Crippen LogP contribution in [0.15, 0.2) is 25.4 Å². The Labute approximate surface area is 99.8 Å². The predicted molar refractivity (Wildman–Crippen MR) is 72.9 cm³/mol. The fourth-order valence-corrected chi connectivity index (χ4v) is 1.11. The van der Waals surface area contributed by atoms with Crippen LogP contribution in [0, 0.1) is 19.3 Å². The van der Waals surface area contributed by atoms with Crippen molar-refractivity contribution >= 4 is 5.69 Å². The van der Waals surface area contributed by atoms with Crippen LogP contribution in [0.2, 0.25) is 0 Å². The molecule has 1 heterocycles. The van der Waals surface area contributed by atoms with Crippen LogP contribution in [0.25, 0.3) is 0 Å². The van der Waals surface area contributed by atoms with Crippen LogP contribution >= 0.6 is 0 Å². The van der Waals surface area contributed by atoms with E-state index in [0.717, 1.165) is 17.9 Å². The summed E-state index contributed by atoms with van der Waals surface area (Å²) in [4.78, 5) is 4.32. The largest absolute Gasteiger partial charge is 0.383 e. The number of nitrogens with one attached hydrogen (secondary N) is 1. The topological polar surface area (TPSA) is 24.9 Å². The van der Waals surface area contributed by atoms with Gasteiger partial charge in [-0.15, -0.1) is 13.2 Å². The van der Waals surface area contributed by atoms with Gasteiger partial charge in [0.1, 0.15) is 0 Å². The van der Waals surface area contributed by atoms with E-state index in [0.29, 0.717) is 5.41 Å². The van der Waals surface area contributed by atoms with E-state index < -0.39 is 0 Å². The summed E-state index contributed by atoms with van der Waals surface area (Å²) in [6.45, 7) is 17.7. The molecule has 90 valence electrons. The Kier molecular flexibility index (Phi) is 5.79. The van der Waals surface area contributed by atoms with E-state index in [1.54, 1.807) is 0 Å². The first-order valence-electron chi connectivity index (χ1n) is 5.55. The summed E-state index contributed by atoms with van der Waals surface area (Å²) in [5.41, 5.74) is 3.76. The minimum absolute atomic E-state index is 0.304. The molecular formula is C14H24N2. The standard InChI is InChI=1S/C12H20N2.C2H4/c1-9-6-11(7-13-10(9)2)14-8-12(3,4)5;1-2/h6-7,14H,8H2,1-5H3;1-2H2. The maximum absolute atomic E-state index is 4.32. The van der Waals surface area contributed by atoms with Crippen molar-refractivity contribution in [3.8, 4) is 0 Å². The van der Waals surface area contributed by atoms with E-state index in [1.165, 1.54) is 5.56 Å². The molecule has 0 aliphatic carbocycles. The summed E-state index contributed by atoms with van der Waals surface area (Å²) in [5, 5.41) is 3.39. The molecule has 0 unspecified atom stereocenters. The van der Waals surface area contributed by atoms with Crippen molar-refractivity contribution in [1.82, 2.24) is 4.98 Å². The van der Waals surface area contributed by atoms with Crippen molar-refractivity contribution in [1.29, 1.82) is 0 Å². The molecule has 1 rings (SSSR count). The predicted octanol–water partition coefficient (Wildman–Crippen LogP) is 3.96. The molecular weight excluding hydrogens is 196 g/mol. The third kappa shape index (κ3) is 5.54. The maximum Gasteiger partial charge on any atom is 0.0529 e. The minimum atomic E-state index is 0.304. The third-order valence-corrected chi connectivity index (χ3v) is 2.16. The number of pyridine rings is 1. The van der Waals surface area contributed by atoms with Gasteiger partial charge in [-0.3, -0.25) is 4.98 Å². The Bertz CT molecular complexity index is 324. The van der Waals surface area contributed by atoms with E-state index in [1.807, 2.05) is 13.1 Å². The van der Waals surface area contributed by atoms with Gasteiger partial charge in [0.25, 0.3) is 0 Å². The molecule has 2 nitrogen and oxygen atoms in total. The molecule has 0 spiro atoms. The van der Waals surface area contributed by atoms with Crippen molar-refractivity contribution in [3.63, 3.8) is 0 Å². The molecule has 0 saturated heterocycles. The monoisotopic (exact) mass is 220 g/mol. The normalized spacial score (nSPS) is 10.3. The average molecular weight is 220 g/mol. The highest BCUT2D eigenvalue weighted by atomic mass is 14.9. The lowest BCUT2D eigenvalue weighted by Gasteiger charge is -2.19. The highest BCUT2D eigenvalue weighted by molar-refractivity contribution is 5.44. The van der Waals surface area contributed by atoms with Gasteiger partial charge in [0.2, 0.25) is 0 Å². The van der Waals surface area contributed by atoms with Gasteiger partial charge in [-0.25, -0.2) is 0 Å². The number of nitrogens with zero attached hydrogens (tertiary/aromatic N) is 1. The lowest BCUT2D eigenvalue weighted by Crippen LogP contribution is -2.19. The fourth-order valence-electron chi connectivity index (χ4n) is 1.11. The van der Waals surface area contributed by atoms with Crippen LogP contribution < -0.4 is 5.32 Å². The summed E-state index contributed by atoms with van der Waals surface area (Å²) < 4.78 is 0. The first-order valence-corrected chi connectivity index (χ1v) is 5.55. The second-order valence-corrected chi connectivity index (χ2v) is 5.04. The first-order chi connectivity index (χ1) is 7.38. The van der Waals surface area contributed by atoms with Gasteiger partial charge in [-0.05, 0) is 30.9 Å². The summed E-state index contributed by atoms with van der Waals surface area (Å²) in [7, 11) is 0. The van der Waals surface area contributed by atoms with Gasteiger partial charge in [-0.2, -0.15) is 0 Å². The van der Waals surface area contributed by atoms with Crippen LogP contribution in [0.3, 0.4) is 0 Å². The number of aromatic nitrogens is 1. The molecule has 0 bridgehead atoms. The second-order valence-electron chi connectivity index (χ2n) is 5.04. The molecule has 0 saturated carbocycles. The number of hydrogen-bond donors (Lipinski definition) is 1. The smallest absolute Gasteiger partial charge is 0.0529 e. The quantitative estimate of drug-likeness (QED) is 0.763. The fraction of sp³-hybridized carbons (Fsp3) is 0.500. The summed E-state index contributed by atoms with van der Waals surface area (Å²) in [5.74, 6) is 0. The van der Waals surface area contributed by atoms with Gasteiger partial charge < -0.3 is 5.32 Å². The zero-order valence-corrected chi connectivity index (χ0v) is 11.2. The van der Waals surface area contributed by atoms with Crippen molar-refractivity contribution in [3.05, 3.63) is 36.7 Å². The van der Waals surface area contributed by atoms with Gasteiger partial charge in [0.05, 0.1) is 11.9 Å². The van der Waals surface area contributed by atoms with Crippen LogP contribution in [-0.4, -0.2) is 11.5 Å². The van der Waals surface area contributed by atoms with Crippen LogP contribution in [0.1, 0.15) is 32.0 Å². The SMILES string of the molecule is C=C.Cc1cc(NCC(C)(C)C)cnc1C. The first kappa shape index (κ1) is 14.7. The third-order valence-electron chi connectivity index (χ3n) is 2.16. The number of aryl methyl sites for hydroxylation is 2. The highest BCUT2D eigenvalue weighted by Gasteiger charge is 2.09. The zero-order valence-electron chi connectivity index (χ0n) is 11.2. The van der Waals surface area contributed by atoms with Crippen LogP contribution in [0.5, 0.6) is 0 Å². The van der Waals surface area contributed by atoms with Crippen LogP contribution in [0.4, 0.5) is 5.69 Å². The Balaban J connectivity index is 0.00000106. The minimum Gasteiger partial charge on any atom is -0.383 e. The highest BCUT2D eigenvalue weighted by Crippen LogP contribution is 2.16. The Morgan fingerprint density at radius 3 is 2.25 bits per heavy atom. The molecule has 0 fully saturated rings. The molecule has 1 N–H and O–H groups in total. The molecule has 0 radical (unpaired) electrons. The van der Waals surface area contributed by atoms with E-state index in [9.17, 15) is 0 Å². The zero-order chi connectivity index (χ0) is 12.8. The molecule has 1 aromatic rings. The average Bonchev–Trinajstić information content (AvgIpc) is 2.22. The van der Waals surface area contributed by atoms with Crippen molar-refractivity contribution in [2.45, 2.75) is 34.6 Å². The van der Waals surface area contributed by atoms with Crippen LogP contribution in [-0.2, 0) is 0 Å². The lowest BCUT2D eigenvalue weighted by atomic mass is 9.97. The molecule has 0 atom stereocenters. The molecule has 0 aliphatic rings. The number of anilines is 1. The van der Waals surface area contributed by atoms with Crippen molar-refractivity contribution in [2.75, 3.05) is 11.9 Å². The molecule has 16 heavy (non-hydrogen) atoms. The summed E-state index contributed by atoms with van der Waals surface area (Å²) in [6, 6.07) is 2.15. The maximum atomic E-state index is 4.32.